The van der Waals surface area contributed by atoms with Gasteiger partial charge in [0.05, 0.1) is 12.7 Å². The maximum absolute atomic E-state index is 13.7. The molecule has 6 nitrogen and oxygen atoms in total. The van der Waals surface area contributed by atoms with Crippen LogP contribution in [0.2, 0.25) is 0 Å². The SMILES string of the molecule is Fc1cccc(COC2C3CCN(CC3)C2C(c2ccccc2)c2ccccc2)c1.O=C(O)C(=O)O. The molecule has 0 aliphatic carbocycles. The van der Waals surface area contributed by atoms with Gasteiger partial charge in [-0.2, -0.15) is 0 Å². The summed E-state index contributed by atoms with van der Waals surface area (Å²) in [5.74, 6) is -3.03. The van der Waals surface area contributed by atoms with E-state index < -0.39 is 11.9 Å². The standard InChI is InChI=1S/C27H28FNO.C2H2O4/c28-24-13-7-8-20(18-24)19-30-27-23-14-16-29(17-15-23)26(27)25(21-9-3-1-4-10-21)22-11-5-2-6-12-22;3-1(4)2(5)6/h1-13,18,23,25-27H,14-17,19H2;(H,3,4)(H,5,6). The predicted octanol–water partition coefficient (Wildman–Crippen LogP) is 4.79. The number of hydrogen-bond acceptors (Lipinski definition) is 4. The van der Waals surface area contributed by atoms with Gasteiger partial charge in [0.25, 0.3) is 0 Å². The number of fused-ring (bicyclic) bond motifs is 3. The van der Waals surface area contributed by atoms with Crippen molar-refractivity contribution >= 4 is 11.9 Å². The zero-order valence-electron chi connectivity index (χ0n) is 19.9. The minimum Gasteiger partial charge on any atom is -0.473 e. The van der Waals surface area contributed by atoms with Gasteiger partial charge in [-0.3, -0.25) is 4.90 Å². The van der Waals surface area contributed by atoms with Crippen LogP contribution in [0.3, 0.4) is 0 Å². The molecule has 7 heteroatoms. The molecular weight excluding hydrogens is 461 g/mol. The van der Waals surface area contributed by atoms with Crippen LogP contribution in [0.25, 0.3) is 0 Å². The van der Waals surface area contributed by atoms with Gasteiger partial charge in [0.1, 0.15) is 5.82 Å². The Morgan fingerprint density at radius 3 is 1.92 bits per heavy atom. The Morgan fingerprint density at radius 1 is 0.861 bits per heavy atom. The van der Waals surface area contributed by atoms with Crippen LogP contribution in [0.1, 0.15) is 35.4 Å². The van der Waals surface area contributed by atoms with E-state index >= 15 is 0 Å². The lowest BCUT2D eigenvalue weighted by Crippen LogP contribution is -2.60. The lowest BCUT2D eigenvalue weighted by Gasteiger charge is -2.53. The van der Waals surface area contributed by atoms with E-state index in [1.807, 2.05) is 6.07 Å². The highest BCUT2D eigenvalue weighted by atomic mass is 19.1. The van der Waals surface area contributed by atoms with E-state index in [9.17, 15) is 4.39 Å². The van der Waals surface area contributed by atoms with Crippen LogP contribution in [0.15, 0.2) is 84.9 Å². The zero-order chi connectivity index (χ0) is 25.5. The van der Waals surface area contributed by atoms with E-state index in [1.165, 1.54) is 30.0 Å². The van der Waals surface area contributed by atoms with E-state index in [4.69, 9.17) is 24.5 Å². The minimum absolute atomic E-state index is 0.140. The number of nitrogens with zero attached hydrogens (tertiary/aromatic N) is 1. The number of carbonyl (C=O) groups is 2. The summed E-state index contributed by atoms with van der Waals surface area (Å²) < 4.78 is 20.3. The molecular formula is C29H30FNO5. The smallest absolute Gasteiger partial charge is 0.414 e. The molecule has 0 aromatic heterocycles. The summed E-state index contributed by atoms with van der Waals surface area (Å²) in [5, 5.41) is 14.8. The van der Waals surface area contributed by atoms with Crippen molar-refractivity contribution in [2.45, 2.75) is 37.5 Å². The summed E-state index contributed by atoms with van der Waals surface area (Å²) in [7, 11) is 0. The molecule has 36 heavy (non-hydrogen) atoms. The normalized spacial score (nSPS) is 22.5. The summed E-state index contributed by atoms with van der Waals surface area (Å²) in [6, 6.07) is 28.7. The first-order valence-electron chi connectivity index (χ1n) is 12.1. The number of hydrogen-bond donors (Lipinski definition) is 2. The number of halogens is 1. The molecule has 3 aromatic carbocycles. The summed E-state index contributed by atoms with van der Waals surface area (Å²) in [5.41, 5.74) is 3.57. The molecule has 3 aliphatic heterocycles. The fourth-order valence-electron chi connectivity index (χ4n) is 5.39. The Labute approximate surface area is 210 Å². The third-order valence-corrected chi connectivity index (χ3v) is 6.97. The van der Waals surface area contributed by atoms with E-state index in [0.29, 0.717) is 12.5 Å². The molecule has 0 spiro atoms. The summed E-state index contributed by atoms with van der Waals surface area (Å²) in [6.45, 7) is 2.72. The molecule has 2 atom stereocenters. The van der Waals surface area contributed by atoms with Crippen molar-refractivity contribution in [3.8, 4) is 0 Å². The summed E-state index contributed by atoms with van der Waals surface area (Å²) in [4.78, 5) is 20.8. The molecule has 2 unspecified atom stereocenters. The van der Waals surface area contributed by atoms with Crippen molar-refractivity contribution in [1.29, 1.82) is 0 Å². The van der Waals surface area contributed by atoms with E-state index in [-0.39, 0.29) is 23.9 Å². The number of carboxylic acid groups (broad SMARTS) is 2. The summed E-state index contributed by atoms with van der Waals surface area (Å²) >= 11 is 0. The van der Waals surface area contributed by atoms with Gasteiger partial charge in [-0.25, -0.2) is 14.0 Å². The molecule has 3 saturated heterocycles. The highest BCUT2D eigenvalue weighted by Gasteiger charge is 2.47. The number of aliphatic carboxylic acids is 2. The molecule has 188 valence electrons. The Bertz CT molecular complexity index is 1100. The van der Waals surface area contributed by atoms with Crippen LogP contribution in [-0.4, -0.2) is 52.3 Å². The number of benzene rings is 3. The van der Waals surface area contributed by atoms with E-state index in [2.05, 4.69) is 65.6 Å². The molecule has 2 bridgehead atoms. The second-order valence-corrected chi connectivity index (χ2v) is 9.18. The fourth-order valence-corrected chi connectivity index (χ4v) is 5.39. The number of rotatable bonds is 6. The van der Waals surface area contributed by atoms with Crippen molar-refractivity contribution in [1.82, 2.24) is 4.90 Å². The number of ether oxygens (including phenoxy) is 1. The van der Waals surface area contributed by atoms with Crippen LogP contribution in [0, 0.1) is 11.7 Å². The molecule has 0 amide bonds. The number of carboxylic acids is 2. The Kier molecular flexibility index (Phi) is 8.46. The molecule has 0 radical (unpaired) electrons. The highest BCUT2D eigenvalue weighted by molar-refractivity contribution is 6.27. The molecule has 3 heterocycles. The van der Waals surface area contributed by atoms with Crippen molar-refractivity contribution in [2.24, 2.45) is 5.92 Å². The molecule has 6 rings (SSSR count). The third-order valence-electron chi connectivity index (χ3n) is 6.97. The monoisotopic (exact) mass is 491 g/mol. The predicted molar refractivity (Wildman–Crippen MR) is 133 cm³/mol. The quantitative estimate of drug-likeness (QED) is 0.482. The lowest BCUT2D eigenvalue weighted by atomic mass is 9.72. The van der Waals surface area contributed by atoms with Gasteiger partial charge in [-0.15, -0.1) is 0 Å². The van der Waals surface area contributed by atoms with Crippen LogP contribution in [0.4, 0.5) is 4.39 Å². The Balaban J connectivity index is 0.000000455. The average Bonchev–Trinajstić information content (AvgIpc) is 2.90. The van der Waals surface area contributed by atoms with Crippen LogP contribution >= 0.6 is 0 Å². The van der Waals surface area contributed by atoms with Gasteiger partial charge in [0.15, 0.2) is 0 Å². The fraction of sp³-hybridized carbons (Fsp3) is 0.310. The highest BCUT2D eigenvalue weighted by Crippen LogP contribution is 2.43. The molecule has 3 fully saturated rings. The maximum atomic E-state index is 13.7. The molecule has 0 saturated carbocycles. The molecule has 3 aromatic rings. The minimum atomic E-state index is -1.82. The largest absolute Gasteiger partial charge is 0.473 e. The Morgan fingerprint density at radius 2 is 1.42 bits per heavy atom. The zero-order valence-corrected chi connectivity index (χ0v) is 19.9. The van der Waals surface area contributed by atoms with E-state index in [1.54, 1.807) is 12.1 Å². The second kappa shape index (κ2) is 11.9. The van der Waals surface area contributed by atoms with Gasteiger partial charge >= 0.3 is 11.9 Å². The first kappa shape index (κ1) is 25.5. The van der Waals surface area contributed by atoms with Gasteiger partial charge in [0, 0.05) is 12.0 Å². The molecule has 3 aliphatic rings. The topological polar surface area (TPSA) is 87.1 Å². The van der Waals surface area contributed by atoms with Crippen LogP contribution in [0.5, 0.6) is 0 Å². The van der Waals surface area contributed by atoms with Gasteiger partial charge in [0.2, 0.25) is 0 Å². The van der Waals surface area contributed by atoms with Gasteiger partial charge < -0.3 is 14.9 Å². The number of piperidine rings is 3. The van der Waals surface area contributed by atoms with Crippen molar-refractivity contribution in [2.75, 3.05) is 13.1 Å². The summed E-state index contributed by atoms with van der Waals surface area (Å²) in [6.07, 6.45) is 2.50. The van der Waals surface area contributed by atoms with Gasteiger partial charge in [-0.05, 0) is 60.7 Å². The van der Waals surface area contributed by atoms with E-state index in [0.717, 1.165) is 18.7 Å². The van der Waals surface area contributed by atoms with Crippen molar-refractivity contribution in [3.05, 3.63) is 107 Å². The lowest BCUT2D eigenvalue weighted by molar-refractivity contribution is -0.159. The van der Waals surface area contributed by atoms with Gasteiger partial charge in [-0.1, -0.05) is 72.8 Å². The van der Waals surface area contributed by atoms with Crippen molar-refractivity contribution in [3.63, 3.8) is 0 Å². The molecule has 2 N–H and O–H groups in total. The average molecular weight is 492 g/mol. The van der Waals surface area contributed by atoms with Crippen LogP contribution < -0.4 is 0 Å². The second-order valence-electron chi connectivity index (χ2n) is 9.18. The first-order chi connectivity index (χ1) is 17.4. The van der Waals surface area contributed by atoms with Crippen LogP contribution in [-0.2, 0) is 20.9 Å². The van der Waals surface area contributed by atoms with Crippen molar-refractivity contribution < 1.29 is 28.9 Å². The maximum Gasteiger partial charge on any atom is 0.414 e. The third kappa shape index (κ3) is 6.17. The first-order valence-corrected chi connectivity index (χ1v) is 12.1. The Hall–Kier alpha value is -3.55.